The minimum absolute atomic E-state index is 0.544. The Morgan fingerprint density at radius 2 is 1.67 bits per heavy atom. The van der Waals surface area contributed by atoms with Crippen molar-refractivity contribution in [2.45, 2.75) is 38.5 Å². The Labute approximate surface area is 107 Å². The number of hydrogen-bond acceptors (Lipinski definition) is 4. The molecule has 1 saturated carbocycles. The van der Waals surface area contributed by atoms with E-state index < -0.39 is 0 Å². The number of carbonyl (C=O) groups is 1. The average molecular weight is 245 g/mol. The van der Waals surface area contributed by atoms with Gasteiger partial charge in [-0.05, 0) is 31.1 Å². The van der Waals surface area contributed by atoms with Gasteiger partial charge in [-0.1, -0.05) is 12.8 Å². The van der Waals surface area contributed by atoms with Gasteiger partial charge in [0.1, 0.15) is 0 Å². The van der Waals surface area contributed by atoms with Crippen LogP contribution in [0, 0.1) is 5.41 Å². The smallest absolute Gasteiger partial charge is 0.225 e. The van der Waals surface area contributed by atoms with E-state index in [-0.39, 0.29) is 0 Å². The Kier molecular flexibility index (Phi) is 3.02. The lowest BCUT2D eigenvalue weighted by atomic mass is 9.77. The number of nitrogens with zero attached hydrogens (tertiary/aromatic N) is 3. The largest absolute Gasteiger partial charge is 0.341 e. The van der Waals surface area contributed by atoms with Crippen LogP contribution in [0.3, 0.4) is 0 Å². The predicted octanol–water partition coefficient (Wildman–Crippen LogP) is 2.45. The van der Waals surface area contributed by atoms with Gasteiger partial charge in [0.15, 0.2) is 6.29 Å². The molecule has 1 aromatic heterocycles. The van der Waals surface area contributed by atoms with Crippen LogP contribution in [-0.4, -0.2) is 29.3 Å². The molecule has 0 bridgehead atoms. The summed E-state index contributed by atoms with van der Waals surface area (Å²) < 4.78 is 0. The van der Waals surface area contributed by atoms with E-state index in [0.29, 0.717) is 11.0 Å². The maximum Gasteiger partial charge on any atom is 0.225 e. The third kappa shape index (κ3) is 2.11. The molecule has 0 unspecified atom stereocenters. The van der Waals surface area contributed by atoms with Crippen molar-refractivity contribution in [1.82, 2.24) is 9.97 Å². The van der Waals surface area contributed by atoms with E-state index in [1.54, 1.807) is 12.4 Å². The van der Waals surface area contributed by atoms with E-state index in [1.807, 2.05) is 0 Å². The van der Waals surface area contributed by atoms with Crippen molar-refractivity contribution < 1.29 is 4.79 Å². The molecular weight excluding hydrogens is 226 g/mol. The lowest BCUT2D eigenvalue weighted by Crippen LogP contribution is -2.39. The van der Waals surface area contributed by atoms with Crippen molar-refractivity contribution in [2.75, 3.05) is 18.0 Å². The van der Waals surface area contributed by atoms with Gasteiger partial charge in [0.25, 0.3) is 0 Å². The summed E-state index contributed by atoms with van der Waals surface area (Å²) in [6.07, 6.45) is 12.2. The number of aldehydes is 1. The second-order valence-electron chi connectivity index (χ2n) is 5.63. The van der Waals surface area contributed by atoms with Gasteiger partial charge in [0.2, 0.25) is 5.95 Å². The van der Waals surface area contributed by atoms with Crippen molar-refractivity contribution in [1.29, 1.82) is 0 Å². The Bertz CT molecular complexity index is 413. The zero-order chi connectivity index (χ0) is 12.4. The summed E-state index contributed by atoms with van der Waals surface area (Å²) >= 11 is 0. The Hall–Kier alpha value is -1.45. The average Bonchev–Trinajstić information content (AvgIpc) is 2.88. The Morgan fingerprint density at radius 3 is 2.22 bits per heavy atom. The number of aromatic nitrogens is 2. The lowest BCUT2D eigenvalue weighted by molar-refractivity contribution is 0.112. The molecule has 2 aliphatic rings. The first-order valence-corrected chi connectivity index (χ1v) is 6.84. The second-order valence-corrected chi connectivity index (χ2v) is 5.63. The Morgan fingerprint density at radius 1 is 1.06 bits per heavy atom. The molecular formula is C14H19N3O. The van der Waals surface area contributed by atoms with E-state index in [0.717, 1.165) is 25.3 Å². The number of rotatable bonds is 2. The van der Waals surface area contributed by atoms with E-state index in [9.17, 15) is 4.79 Å². The highest BCUT2D eigenvalue weighted by atomic mass is 16.1. The van der Waals surface area contributed by atoms with Gasteiger partial charge in [-0.3, -0.25) is 4.79 Å². The summed E-state index contributed by atoms with van der Waals surface area (Å²) in [6, 6.07) is 0. The topological polar surface area (TPSA) is 46.1 Å². The highest BCUT2D eigenvalue weighted by Gasteiger charge is 2.37. The molecule has 1 aromatic rings. The predicted molar refractivity (Wildman–Crippen MR) is 69.8 cm³/mol. The van der Waals surface area contributed by atoms with Crippen molar-refractivity contribution in [3.63, 3.8) is 0 Å². The zero-order valence-electron chi connectivity index (χ0n) is 10.6. The Balaban J connectivity index is 1.66. The van der Waals surface area contributed by atoms with Gasteiger partial charge in [-0.15, -0.1) is 0 Å². The van der Waals surface area contributed by atoms with Gasteiger partial charge < -0.3 is 4.90 Å². The molecule has 2 heterocycles. The molecule has 96 valence electrons. The van der Waals surface area contributed by atoms with E-state index >= 15 is 0 Å². The third-order valence-corrected chi connectivity index (χ3v) is 4.57. The standard InChI is InChI=1S/C14H19N3O/c18-11-12-9-15-13(16-10-12)17-7-5-14(6-8-17)3-1-2-4-14/h9-11H,1-8H2. The van der Waals surface area contributed by atoms with Gasteiger partial charge >= 0.3 is 0 Å². The molecule has 1 saturated heterocycles. The molecule has 2 fully saturated rings. The molecule has 0 atom stereocenters. The number of carbonyl (C=O) groups excluding carboxylic acids is 1. The first-order valence-electron chi connectivity index (χ1n) is 6.84. The first kappa shape index (κ1) is 11.6. The van der Waals surface area contributed by atoms with Crippen molar-refractivity contribution in [3.05, 3.63) is 18.0 Å². The summed E-state index contributed by atoms with van der Waals surface area (Å²) in [7, 11) is 0. The molecule has 3 rings (SSSR count). The minimum Gasteiger partial charge on any atom is -0.341 e. The van der Waals surface area contributed by atoms with E-state index in [2.05, 4.69) is 14.9 Å². The minimum atomic E-state index is 0.544. The van der Waals surface area contributed by atoms with Crippen molar-refractivity contribution >= 4 is 12.2 Å². The molecule has 0 N–H and O–H groups in total. The highest BCUT2D eigenvalue weighted by Crippen LogP contribution is 2.46. The molecule has 1 aliphatic carbocycles. The van der Waals surface area contributed by atoms with Crippen LogP contribution < -0.4 is 4.90 Å². The SMILES string of the molecule is O=Cc1cnc(N2CCC3(CCCC3)CC2)nc1. The van der Waals surface area contributed by atoms with Crippen LogP contribution in [0.4, 0.5) is 5.95 Å². The number of hydrogen-bond donors (Lipinski definition) is 0. The molecule has 0 amide bonds. The zero-order valence-corrected chi connectivity index (χ0v) is 10.6. The molecule has 18 heavy (non-hydrogen) atoms. The number of anilines is 1. The van der Waals surface area contributed by atoms with Crippen LogP contribution in [0.25, 0.3) is 0 Å². The van der Waals surface area contributed by atoms with Crippen LogP contribution >= 0.6 is 0 Å². The van der Waals surface area contributed by atoms with Gasteiger partial charge in [0.05, 0.1) is 5.56 Å². The maximum absolute atomic E-state index is 10.6. The molecule has 1 spiro atoms. The summed E-state index contributed by atoms with van der Waals surface area (Å²) in [5, 5.41) is 0. The fourth-order valence-electron chi connectivity index (χ4n) is 3.36. The normalized spacial score (nSPS) is 22.3. The van der Waals surface area contributed by atoms with Crippen molar-refractivity contribution in [3.8, 4) is 0 Å². The van der Waals surface area contributed by atoms with Crippen molar-refractivity contribution in [2.24, 2.45) is 5.41 Å². The fourth-order valence-corrected chi connectivity index (χ4v) is 3.36. The fraction of sp³-hybridized carbons (Fsp3) is 0.643. The molecule has 1 aliphatic heterocycles. The van der Waals surface area contributed by atoms with Gasteiger partial charge in [-0.25, -0.2) is 9.97 Å². The van der Waals surface area contributed by atoms with Crippen LogP contribution in [0.15, 0.2) is 12.4 Å². The van der Waals surface area contributed by atoms with Crippen LogP contribution in [0.1, 0.15) is 48.9 Å². The van der Waals surface area contributed by atoms with Crippen LogP contribution in [0.5, 0.6) is 0 Å². The van der Waals surface area contributed by atoms with Gasteiger partial charge in [0, 0.05) is 25.5 Å². The van der Waals surface area contributed by atoms with Crippen LogP contribution in [-0.2, 0) is 0 Å². The molecule has 0 radical (unpaired) electrons. The summed E-state index contributed by atoms with van der Waals surface area (Å²) in [6.45, 7) is 2.11. The molecule has 4 heteroatoms. The lowest BCUT2D eigenvalue weighted by Gasteiger charge is -2.39. The summed E-state index contributed by atoms with van der Waals surface area (Å²) in [4.78, 5) is 21.4. The summed E-state index contributed by atoms with van der Waals surface area (Å²) in [5.74, 6) is 0.772. The third-order valence-electron chi connectivity index (χ3n) is 4.57. The second kappa shape index (κ2) is 4.67. The molecule has 4 nitrogen and oxygen atoms in total. The van der Waals surface area contributed by atoms with E-state index in [1.165, 1.54) is 38.5 Å². The monoisotopic (exact) mass is 245 g/mol. The molecule has 0 aromatic carbocycles. The number of piperidine rings is 1. The quantitative estimate of drug-likeness (QED) is 0.751. The first-order chi connectivity index (χ1) is 8.81. The maximum atomic E-state index is 10.6. The highest BCUT2D eigenvalue weighted by molar-refractivity contribution is 5.73. The van der Waals surface area contributed by atoms with Gasteiger partial charge in [-0.2, -0.15) is 0 Å². The van der Waals surface area contributed by atoms with Crippen LogP contribution in [0.2, 0.25) is 0 Å². The summed E-state index contributed by atoms with van der Waals surface area (Å²) in [5.41, 5.74) is 1.17. The van der Waals surface area contributed by atoms with E-state index in [4.69, 9.17) is 0 Å².